The van der Waals surface area contributed by atoms with Gasteiger partial charge in [0.1, 0.15) is 11.5 Å². The molecule has 5 N–H and O–H groups in total. The summed E-state index contributed by atoms with van der Waals surface area (Å²) < 4.78 is 1.89. The smallest absolute Gasteiger partial charge is 0.251 e. The lowest BCUT2D eigenvalue weighted by atomic mass is 10.0. The van der Waals surface area contributed by atoms with E-state index in [1.807, 2.05) is 42.9 Å². The summed E-state index contributed by atoms with van der Waals surface area (Å²) in [5, 5.41) is 27.1. The standard InChI is InChI=1S/C32H38N8O2/c1-3-39(4-2)20-27(41)18-36-32(42)23-10-7-22(8-11-23)9-14-28-29-16-24(12-13-25(29)17-35-31(28)33)30-21-40(38-37-30)19-26-6-5-15-34-26/h7-8,10-13,16-17,21,26-27,34,41H,3-6,15,18-20H2,1-2H3,(H2,33,35)(H,36,42). The number of likely N-dealkylation sites (N-methyl/N-ethyl adjacent to an activating group) is 1. The Kier molecular flexibility index (Phi) is 9.44. The molecule has 1 aliphatic heterocycles. The summed E-state index contributed by atoms with van der Waals surface area (Å²) in [7, 11) is 0. The number of benzene rings is 2. The highest BCUT2D eigenvalue weighted by Gasteiger charge is 2.16. The van der Waals surface area contributed by atoms with Crippen molar-refractivity contribution < 1.29 is 9.90 Å². The SMILES string of the molecule is CCN(CC)CC(O)CNC(=O)c1ccc(C#Cc2c(N)ncc3ccc(-c4cn(CC5CCCN5)nn4)cc23)cc1. The summed E-state index contributed by atoms with van der Waals surface area (Å²) in [6, 6.07) is 13.5. The maximum atomic E-state index is 12.6. The molecule has 0 spiro atoms. The van der Waals surface area contributed by atoms with Crippen molar-refractivity contribution in [2.75, 3.05) is 38.5 Å². The fourth-order valence-corrected chi connectivity index (χ4v) is 5.17. The van der Waals surface area contributed by atoms with Crippen molar-refractivity contribution in [3.8, 4) is 23.1 Å². The Labute approximate surface area is 246 Å². The zero-order valence-corrected chi connectivity index (χ0v) is 24.2. The number of carbonyl (C=O) groups is 1. The van der Waals surface area contributed by atoms with Gasteiger partial charge in [-0.2, -0.15) is 0 Å². The first-order valence-electron chi connectivity index (χ1n) is 14.6. The van der Waals surface area contributed by atoms with Gasteiger partial charge in [0, 0.05) is 52.8 Å². The van der Waals surface area contributed by atoms with Crippen LogP contribution in [0.15, 0.2) is 54.9 Å². The molecule has 0 radical (unpaired) electrons. The lowest BCUT2D eigenvalue weighted by Gasteiger charge is -2.22. The number of carbonyl (C=O) groups excluding carboxylic acids is 1. The first kappa shape index (κ1) is 29.2. The van der Waals surface area contributed by atoms with E-state index >= 15 is 0 Å². The van der Waals surface area contributed by atoms with Crippen LogP contribution in [-0.4, -0.2) is 80.8 Å². The molecule has 42 heavy (non-hydrogen) atoms. The molecule has 2 atom stereocenters. The third kappa shape index (κ3) is 7.12. The van der Waals surface area contributed by atoms with Gasteiger partial charge >= 0.3 is 0 Å². The highest BCUT2D eigenvalue weighted by molar-refractivity contribution is 5.95. The van der Waals surface area contributed by atoms with Gasteiger partial charge in [-0.3, -0.25) is 9.48 Å². The second-order valence-corrected chi connectivity index (χ2v) is 10.6. The van der Waals surface area contributed by atoms with Gasteiger partial charge < -0.3 is 26.4 Å². The number of hydrogen-bond donors (Lipinski definition) is 4. The van der Waals surface area contributed by atoms with Gasteiger partial charge in [0.25, 0.3) is 5.91 Å². The quantitative estimate of drug-likeness (QED) is 0.215. The molecule has 0 aliphatic carbocycles. The average Bonchev–Trinajstić information content (AvgIpc) is 3.71. The number of nitrogen functional groups attached to an aromatic ring is 1. The molecule has 218 valence electrons. The molecule has 1 amide bonds. The van der Waals surface area contributed by atoms with Crippen LogP contribution in [0, 0.1) is 11.8 Å². The van der Waals surface area contributed by atoms with Crippen molar-refractivity contribution in [3.63, 3.8) is 0 Å². The van der Waals surface area contributed by atoms with E-state index < -0.39 is 6.10 Å². The van der Waals surface area contributed by atoms with Crippen LogP contribution in [0.4, 0.5) is 5.82 Å². The molecular weight excluding hydrogens is 528 g/mol. The summed E-state index contributed by atoms with van der Waals surface area (Å²) in [4.78, 5) is 19.0. The average molecular weight is 567 g/mol. The Morgan fingerprint density at radius 3 is 2.76 bits per heavy atom. The number of anilines is 1. The summed E-state index contributed by atoms with van der Waals surface area (Å²) in [6.45, 7) is 8.37. The molecule has 2 aromatic carbocycles. The topological polar surface area (TPSA) is 134 Å². The summed E-state index contributed by atoms with van der Waals surface area (Å²) in [5.41, 5.74) is 9.88. The molecule has 4 aromatic rings. The van der Waals surface area contributed by atoms with E-state index in [1.165, 1.54) is 6.42 Å². The number of nitrogens with zero attached hydrogens (tertiary/aromatic N) is 5. The third-order valence-corrected chi connectivity index (χ3v) is 7.67. The minimum absolute atomic E-state index is 0.195. The Morgan fingerprint density at radius 1 is 1.21 bits per heavy atom. The molecule has 3 heterocycles. The van der Waals surface area contributed by atoms with E-state index in [-0.39, 0.29) is 12.5 Å². The van der Waals surface area contributed by atoms with Crippen LogP contribution in [0.3, 0.4) is 0 Å². The van der Waals surface area contributed by atoms with Crippen LogP contribution in [0.1, 0.15) is 48.2 Å². The van der Waals surface area contributed by atoms with Gasteiger partial charge in [-0.25, -0.2) is 4.98 Å². The molecule has 10 nitrogen and oxygen atoms in total. The monoisotopic (exact) mass is 566 g/mol. The summed E-state index contributed by atoms with van der Waals surface area (Å²) in [5.74, 6) is 6.47. The van der Waals surface area contributed by atoms with E-state index in [1.54, 1.807) is 30.5 Å². The maximum Gasteiger partial charge on any atom is 0.251 e. The van der Waals surface area contributed by atoms with Crippen molar-refractivity contribution in [1.82, 2.24) is 35.5 Å². The predicted octanol–water partition coefficient (Wildman–Crippen LogP) is 2.66. The number of fused-ring (bicyclic) bond motifs is 1. The number of rotatable bonds is 10. The van der Waals surface area contributed by atoms with Gasteiger partial charge in [-0.15, -0.1) is 5.10 Å². The summed E-state index contributed by atoms with van der Waals surface area (Å²) in [6.07, 6.45) is 5.43. The van der Waals surface area contributed by atoms with Crippen LogP contribution in [0.2, 0.25) is 0 Å². The number of aromatic nitrogens is 4. The molecular formula is C32H38N8O2. The van der Waals surface area contributed by atoms with E-state index in [9.17, 15) is 9.90 Å². The predicted molar refractivity (Wildman–Crippen MR) is 165 cm³/mol. The lowest BCUT2D eigenvalue weighted by Crippen LogP contribution is -2.40. The van der Waals surface area contributed by atoms with Crippen LogP contribution in [0.25, 0.3) is 22.0 Å². The van der Waals surface area contributed by atoms with Gasteiger partial charge in [-0.05, 0) is 62.8 Å². The molecule has 1 aliphatic rings. The minimum atomic E-state index is -0.625. The van der Waals surface area contributed by atoms with Gasteiger partial charge in [0.2, 0.25) is 0 Å². The molecule has 1 fully saturated rings. The van der Waals surface area contributed by atoms with Crippen LogP contribution in [-0.2, 0) is 6.54 Å². The Morgan fingerprint density at radius 2 is 2.02 bits per heavy atom. The van der Waals surface area contributed by atoms with E-state index in [0.29, 0.717) is 29.5 Å². The van der Waals surface area contributed by atoms with Crippen molar-refractivity contribution in [3.05, 3.63) is 71.5 Å². The highest BCUT2D eigenvalue weighted by Crippen LogP contribution is 2.27. The van der Waals surface area contributed by atoms with Crippen molar-refractivity contribution in [2.24, 2.45) is 0 Å². The second-order valence-electron chi connectivity index (χ2n) is 10.6. The van der Waals surface area contributed by atoms with Crippen molar-refractivity contribution in [2.45, 2.75) is 45.4 Å². The third-order valence-electron chi connectivity index (χ3n) is 7.67. The zero-order valence-electron chi connectivity index (χ0n) is 24.2. The van der Waals surface area contributed by atoms with Gasteiger partial charge in [0.05, 0.1) is 24.4 Å². The maximum absolute atomic E-state index is 12.6. The van der Waals surface area contributed by atoms with Crippen LogP contribution in [0.5, 0.6) is 0 Å². The lowest BCUT2D eigenvalue weighted by molar-refractivity contribution is 0.0869. The van der Waals surface area contributed by atoms with E-state index in [0.717, 1.165) is 60.2 Å². The molecule has 10 heteroatoms. The zero-order chi connectivity index (χ0) is 29.5. The Hall–Kier alpha value is -4.30. The number of aliphatic hydroxyl groups is 1. The van der Waals surface area contributed by atoms with Gasteiger partial charge in [-0.1, -0.05) is 43.0 Å². The van der Waals surface area contributed by atoms with E-state index in [2.05, 4.69) is 42.7 Å². The number of amides is 1. The normalized spacial score (nSPS) is 15.5. The first-order chi connectivity index (χ1) is 20.4. The minimum Gasteiger partial charge on any atom is -0.390 e. The number of nitrogens with two attached hydrogens (primary N) is 1. The first-order valence-corrected chi connectivity index (χ1v) is 14.6. The number of nitrogens with one attached hydrogen (secondary N) is 2. The van der Waals surface area contributed by atoms with Crippen LogP contribution >= 0.6 is 0 Å². The number of hydrogen-bond acceptors (Lipinski definition) is 8. The number of aliphatic hydroxyl groups excluding tert-OH is 1. The Bertz CT molecular complexity index is 1580. The molecule has 2 unspecified atom stereocenters. The molecule has 1 saturated heterocycles. The highest BCUT2D eigenvalue weighted by atomic mass is 16.3. The number of pyridine rings is 1. The van der Waals surface area contributed by atoms with Crippen LogP contribution < -0.4 is 16.4 Å². The molecule has 0 bridgehead atoms. The molecule has 0 saturated carbocycles. The molecule has 2 aromatic heterocycles. The van der Waals surface area contributed by atoms with Crippen molar-refractivity contribution >= 4 is 22.5 Å². The summed E-state index contributed by atoms with van der Waals surface area (Å²) >= 11 is 0. The second kappa shape index (κ2) is 13.6. The fraction of sp³-hybridized carbons (Fsp3) is 0.375. The van der Waals surface area contributed by atoms with Gasteiger partial charge in [0.15, 0.2) is 0 Å². The van der Waals surface area contributed by atoms with E-state index in [4.69, 9.17) is 5.73 Å². The fourth-order valence-electron chi connectivity index (χ4n) is 5.17. The van der Waals surface area contributed by atoms with Crippen molar-refractivity contribution in [1.29, 1.82) is 0 Å². The Balaban J connectivity index is 1.29. The molecule has 5 rings (SSSR count). The largest absolute Gasteiger partial charge is 0.390 e.